The highest BCUT2D eigenvalue weighted by molar-refractivity contribution is 5.82. The van der Waals surface area contributed by atoms with E-state index in [0.29, 0.717) is 5.56 Å². The second kappa shape index (κ2) is 6.66. The molecule has 1 aromatic heterocycles. The molecule has 114 valence electrons. The van der Waals surface area contributed by atoms with Crippen LogP contribution in [0.2, 0.25) is 0 Å². The van der Waals surface area contributed by atoms with Gasteiger partial charge in [0.05, 0.1) is 0 Å². The van der Waals surface area contributed by atoms with E-state index in [2.05, 4.69) is 4.98 Å². The molecule has 7 nitrogen and oxygen atoms in total. The van der Waals surface area contributed by atoms with Crippen molar-refractivity contribution in [3.05, 3.63) is 64.3 Å². The molecule has 7 heteroatoms. The normalized spacial score (nSPS) is 11.5. The maximum atomic E-state index is 12.3. The minimum absolute atomic E-state index is 0.0449. The third-order valence-corrected chi connectivity index (χ3v) is 2.94. The number of likely N-dealkylation sites (N-methyl/N-ethyl adjacent to an activating group) is 1. The third kappa shape index (κ3) is 3.38. The Morgan fingerprint density at radius 1 is 1.23 bits per heavy atom. The molecule has 0 saturated carbocycles. The van der Waals surface area contributed by atoms with Gasteiger partial charge in [-0.1, -0.05) is 30.3 Å². The summed E-state index contributed by atoms with van der Waals surface area (Å²) in [5.41, 5.74) is 0.611. The van der Waals surface area contributed by atoms with Crippen molar-refractivity contribution in [1.82, 2.24) is 9.88 Å². The van der Waals surface area contributed by atoms with Gasteiger partial charge in [-0.25, -0.2) is 0 Å². The maximum Gasteiger partial charge on any atom is 0.406 e. The molecule has 1 atom stereocenters. The van der Waals surface area contributed by atoms with Crippen LogP contribution in [-0.2, 0) is 4.79 Å². The van der Waals surface area contributed by atoms with E-state index < -0.39 is 16.8 Å². The first kappa shape index (κ1) is 15.4. The van der Waals surface area contributed by atoms with Gasteiger partial charge in [0, 0.05) is 19.7 Å². The van der Waals surface area contributed by atoms with Gasteiger partial charge >= 0.3 is 5.82 Å². The summed E-state index contributed by atoms with van der Waals surface area (Å²) in [7, 11) is 3.19. The lowest BCUT2D eigenvalue weighted by molar-refractivity contribution is -0.390. The zero-order valence-electron chi connectivity index (χ0n) is 12.2. The minimum Gasteiger partial charge on any atom is -0.467 e. The molecule has 0 saturated heterocycles. The summed E-state index contributed by atoms with van der Waals surface area (Å²) >= 11 is 0. The van der Waals surface area contributed by atoms with Crippen molar-refractivity contribution in [3.63, 3.8) is 0 Å². The highest BCUT2D eigenvalue weighted by Gasteiger charge is 2.27. The Labute approximate surface area is 127 Å². The molecule has 1 amide bonds. The molecule has 0 fully saturated rings. The second-order valence-electron chi connectivity index (χ2n) is 4.72. The van der Waals surface area contributed by atoms with E-state index >= 15 is 0 Å². The number of hydrogen-bond acceptors (Lipinski definition) is 5. The first-order valence-corrected chi connectivity index (χ1v) is 6.53. The monoisotopic (exact) mass is 301 g/mol. The number of benzene rings is 1. The van der Waals surface area contributed by atoms with Gasteiger partial charge in [0.2, 0.25) is 11.9 Å². The Balaban J connectivity index is 2.40. The van der Waals surface area contributed by atoms with Crippen molar-refractivity contribution in [2.24, 2.45) is 0 Å². The highest BCUT2D eigenvalue weighted by atomic mass is 16.6. The molecule has 0 bridgehead atoms. The SMILES string of the molecule is CN(C)C(=O)C(Oc1cccnc1[N+](=O)[O-])c1ccccc1. The van der Waals surface area contributed by atoms with Gasteiger partial charge in [-0.05, 0) is 22.0 Å². The van der Waals surface area contributed by atoms with Crippen LogP contribution in [0.4, 0.5) is 5.82 Å². The van der Waals surface area contributed by atoms with Crippen LogP contribution in [0.15, 0.2) is 48.7 Å². The van der Waals surface area contributed by atoms with Crippen LogP contribution in [0.25, 0.3) is 0 Å². The average molecular weight is 301 g/mol. The van der Waals surface area contributed by atoms with Gasteiger partial charge in [0.15, 0.2) is 0 Å². The van der Waals surface area contributed by atoms with Crippen molar-refractivity contribution in [2.45, 2.75) is 6.10 Å². The van der Waals surface area contributed by atoms with E-state index in [1.54, 1.807) is 38.4 Å². The lowest BCUT2D eigenvalue weighted by Crippen LogP contribution is -2.31. The number of amides is 1. The van der Waals surface area contributed by atoms with Crippen LogP contribution < -0.4 is 4.74 Å². The molecule has 1 aromatic carbocycles. The summed E-state index contributed by atoms with van der Waals surface area (Å²) in [5.74, 6) is -0.782. The van der Waals surface area contributed by atoms with Crippen LogP contribution in [0, 0.1) is 10.1 Å². The number of nitrogens with zero attached hydrogens (tertiary/aromatic N) is 3. The average Bonchev–Trinajstić information content (AvgIpc) is 2.53. The lowest BCUT2D eigenvalue weighted by atomic mass is 10.1. The van der Waals surface area contributed by atoms with E-state index in [0.717, 1.165) is 0 Å². The summed E-state index contributed by atoms with van der Waals surface area (Å²) in [6, 6.07) is 11.8. The molecule has 1 heterocycles. The van der Waals surface area contributed by atoms with Gasteiger partial charge in [0.25, 0.3) is 5.91 Å². The van der Waals surface area contributed by atoms with Crippen molar-refractivity contribution in [3.8, 4) is 5.75 Å². The predicted octanol–water partition coefficient (Wildman–Crippen LogP) is 2.20. The summed E-state index contributed by atoms with van der Waals surface area (Å²) in [6.45, 7) is 0. The molecule has 2 aromatic rings. The summed E-state index contributed by atoms with van der Waals surface area (Å²) in [4.78, 5) is 27.8. The molecular formula is C15H15N3O4. The molecule has 1 unspecified atom stereocenters. The molecule has 0 N–H and O–H groups in total. The number of carbonyl (C=O) groups is 1. The predicted molar refractivity (Wildman–Crippen MR) is 79.4 cm³/mol. The van der Waals surface area contributed by atoms with Gasteiger partial charge in [-0.15, -0.1) is 0 Å². The van der Waals surface area contributed by atoms with E-state index in [1.165, 1.54) is 23.2 Å². The van der Waals surface area contributed by atoms with E-state index in [4.69, 9.17) is 4.74 Å². The number of carbonyl (C=O) groups excluding carboxylic acids is 1. The molecule has 0 aliphatic heterocycles. The standard InChI is InChI=1S/C15H15N3O4/c1-17(2)15(19)13(11-7-4-3-5-8-11)22-12-9-6-10-16-14(12)18(20)21/h3-10,13H,1-2H3. The highest BCUT2D eigenvalue weighted by Crippen LogP contribution is 2.29. The molecule has 0 aliphatic rings. The molecule has 0 radical (unpaired) electrons. The first-order valence-electron chi connectivity index (χ1n) is 6.53. The van der Waals surface area contributed by atoms with Crippen LogP contribution in [-0.4, -0.2) is 34.8 Å². The third-order valence-electron chi connectivity index (χ3n) is 2.94. The van der Waals surface area contributed by atoms with Crippen molar-refractivity contribution >= 4 is 11.7 Å². The van der Waals surface area contributed by atoms with Gasteiger partial charge in [-0.3, -0.25) is 4.79 Å². The van der Waals surface area contributed by atoms with Crippen LogP contribution in [0.3, 0.4) is 0 Å². The lowest BCUT2D eigenvalue weighted by Gasteiger charge is -2.21. The van der Waals surface area contributed by atoms with Crippen LogP contribution in [0.1, 0.15) is 11.7 Å². The van der Waals surface area contributed by atoms with Crippen molar-refractivity contribution in [1.29, 1.82) is 0 Å². The largest absolute Gasteiger partial charge is 0.467 e. The molecular weight excluding hydrogens is 286 g/mol. The molecule has 2 rings (SSSR count). The maximum absolute atomic E-state index is 12.3. The Hall–Kier alpha value is -2.96. The number of rotatable bonds is 5. The summed E-state index contributed by atoms with van der Waals surface area (Å²) in [5, 5.41) is 11.0. The van der Waals surface area contributed by atoms with E-state index in [-0.39, 0.29) is 11.7 Å². The number of aromatic nitrogens is 1. The Kier molecular flexibility index (Phi) is 4.67. The van der Waals surface area contributed by atoms with Gasteiger partial charge in [-0.2, -0.15) is 0 Å². The van der Waals surface area contributed by atoms with Crippen LogP contribution >= 0.6 is 0 Å². The Morgan fingerprint density at radius 3 is 2.50 bits per heavy atom. The zero-order chi connectivity index (χ0) is 16.1. The molecule has 22 heavy (non-hydrogen) atoms. The molecule has 0 aliphatic carbocycles. The number of ether oxygens (including phenoxy) is 1. The summed E-state index contributed by atoms with van der Waals surface area (Å²) < 4.78 is 5.62. The van der Waals surface area contributed by atoms with Crippen molar-refractivity contribution in [2.75, 3.05) is 14.1 Å². The van der Waals surface area contributed by atoms with Crippen molar-refractivity contribution < 1.29 is 14.5 Å². The fraction of sp³-hybridized carbons (Fsp3) is 0.200. The minimum atomic E-state index is -0.973. The number of hydrogen-bond donors (Lipinski definition) is 0. The topological polar surface area (TPSA) is 85.6 Å². The second-order valence-corrected chi connectivity index (χ2v) is 4.72. The first-order chi connectivity index (χ1) is 10.5. The zero-order valence-corrected chi connectivity index (χ0v) is 12.2. The number of pyridine rings is 1. The Bertz CT molecular complexity index is 673. The fourth-order valence-corrected chi connectivity index (χ4v) is 1.86. The fourth-order valence-electron chi connectivity index (χ4n) is 1.86. The quantitative estimate of drug-likeness (QED) is 0.624. The van der Waals surface area contributed by atoms with E-state index in [1.807, 2.05) is 6.07 Å². The number of nitro groups is 1. The van der Waals surface area contributed by atoms with Crippen LogP contribution in [0.5, 0.6) is 5.75 Å². The van der Waals surface area contributed by atoms with Gasteiger partial charge < -0.3 is 19.8 Å². The van der Waals surface area contributed by atoms with E-state index in [9.17, 15) is 14.9 Å². The summed E-state index contributed by atoms with van der Waals surface area (Å²) in [6.07, 6.45) is 0.329. The smallest absolute Gasteiger partial charge is 0.406 e. The molecule has 0 spiro atoms. The van der Waals surface area contributed by atoms with Gasteiger partial charge in [0.1, 0.15) is 6.20 Å². The Morgan fingerprint density at radius 2 is 1.91 bits per heavy atom.